The van der Waals surface area contributed by atoms with E-state index in [9.17, 15) is 30.0 Å². The summed E-state index contributed by atoms with van der Waals surface area (Å²) in [4.78, 5) is 26.2. The van der Waals surface area contributed by atoms with E-state index in [1.165, 1.54) is 54.3 Å². The van der Waals surface area contributed by atoms with Crippen molar-refractivity contribution in [1.29, 1.82) is 0 Å². The van der Waals surface area contributed by atoms with Crippen LogP contribution in [0.5, 0.6) is 23.0 Å². The molecule has 0 fully saturated rings. The second-order valence-electron chi connectivity index (χ2n) is 6.64. The number of aromatic hydroxyl groups is 4. The second kappa shape index (κ2) is 9.01. The van der Waals surface area contributed by atoms with Crippen LogP contribution in [0.15, 0.2) is 42.5 Å². The monoisotopic (exact) mass is 401 g/mol. The van der Waals surface area contributed by atoms with Gasteiger partial charge >= 0.3 is 5.97 Å². The van der Waals surface area contributed by atoms with Crippen molar-refractivity contribution in [2.45, 2.75) is 32.9 Å². The van der Waals surface area contributed by atoms with Gasteiger partial charge in [0.05, 0.1) is 0 Å². The third kappa shape index (κ3) is 5.41. The number of nitrogens with zero attached hydrogens (tertiary/aromatic N) is 1. The molecule has 0 bridgehead atoms. The molecule has 0 unspecified atom stereocenters. The van der Waals surface area contributed by atoms with E-state index in [1.807, 2.05) is 0 Å². The molecule has 0 radical (unpaired) electrons. The van der Waals surface area contributed by atoms with Crippen molar-refractivity contribution in [3.8, 4) is 23.0 Å². The SMILES string of the molecule is CC(C)N(C(=O)[C@@H](C)OC(=O)/C=C/c1ccc(O)c(O)c1)c1ccc(O)c(O)c1. The highest BCUT2D eigenvalue weighted by Crippen LogP contribution is 2.31. The molecule has 0 saturated heterocycles. The summed E-state index contributed by atoms with van der Waals surface area (Å²) in [5.74, 6) is -2.56. The van der Waals surface area contributed by atoms with Gasteiger partial charge in [0.1, 0.15) is 0 Å². The van der Waals surface area contributed by atoms with E-state index >= 15 is 0 Å². The van der Waals surface area contributed by atoms with Crippen LogP contribution < -0.4 is 4.90 Å². The van der Waals surface area contributed by atoms with Crippen molar-refractivity contribution in [3.63, 3.8) is 0 Å². The number of phenolic OH excluding ortho intramolecular Hbond substituents is 4. The van der Waals surface area contributed by atoms with E-state index in [0.717, 1.165) is 6.08 Å². The molecule has 29 heavy (non-hydrogen) atoms. The molecule has 0 aliphatic rings. The minimum atomic E-state index is -1.11. The predicted octanol–water partition coefficient (Wildman–Crippen LogP) is 2.90. The van der Waals surface area contributed by atoms with Crippen LogP contribution in [0, 0.1) is 0 Å². The zero-order chi connectivity index (χ0) is 21.7. The fourth-order valence-corrected chi connectivity index (χ4v) is 2.61. The van der Waals surface area contributed by atoms with Gasteiger partial charge in [-0.15, -0.1) is 0 Å². The van der Waals surface area contributed by atoms with Gasteiger partial charge < -0.3 is 30.1 Å². The maximum Gasteiger partial charge on any atom is 0.331 e. The maximum absolute atomic E-state index is 12.8. The number of rotatable bonds is 6. The van der Waals surface area contributed by atoms with E-state index in [1.54, 1.807) is 13.8 Å². The molecule has 2 rings (SSSR count). The first-order valence-electron chi connectivity index (χ1n) is 8.86. The van der Waals surface area contributed by atoms with Gasteiger partial charge in [-0.25, -0.2) is 4.79 Å². The zero-order valence-corrected chi connectivity index (χ0v) is 16.2. The van der Waals surface area contributed by atoms with Crippen LogP contribution >= 0.6 is 0 Å². The predicted molar refractivity (Wildman–Crippen MR) is 107 cm³/mol. The molecule has 8 nitrogen and oxygen atoms in total. The number of hydrogen-bond acceptors (Lipinski definition) is 7. The molecule has 0 saturated carbocycles. The number of anilines is 1. The molecule has 8 heteroatoms. The summed E-state index contributed by atoms with van der Waals surface area (Å²) < 4.78 is 5.15. The lowest BCUT2D eigenvalue weighted by molar-refractivity contribution is -0.149. The minimum Gasteiger partial charge on any atom is -0.504 e. The molecule has 0 spiro atoms. The Morgan fingerprint density at radius 2 is 1.48 bits per heavy atom. The van der Waals surface area contributed by atoms with E-state index < -0.39 is 18.0 Å². The summed E-state index contributed by atoms with van der Waals surface area (Å²) in [5, 5.41) is 37.9. The number of phenols is 4. The van der Waals surface area contributed by atoms with Gasteiger partial charge in [0, 0.05) is 23.9 Å². The highest BCUT2D eigenvalue weighted by atomic mass is 16.5. The van der Waals surface area contributed by atoms with Crippen molar-refractivity contribution in [3.05, 3.63) is 48.0 Å². The highest BCUT2D eigenvalue weighted by Gasteiger charge is 2.27. The summed E-state index contributed by atoms with van der Waals surface area (Å²) in [5.41, 5.74) is 0.804. The van der Waals surface area contributed by atoms with Gasteiger partial charge in [-0.3, -0.25) is 4.79 Å². The van der Waals surface area contributed by atoms with Crippen molar-refractivity contribution in [2.24, 2.45) is 0 Å². The topological polar surface area (TPSA) is 128 Å². The lowest BCUT2D eigenvalue weighted by Gasteiger charge is -2.29. The Morgan fingerprint density at radius 1 is 0.897 bits per heavy atom. The Bertz CT molecular complexity index is 937. The Balaban J connectivity index is 2.10. The minimum absolute atomic E-state index is 0.280. The molecule has 2 aromatic carbocycles. The Morgan fingerprint density at radius 3 is 2.03 bits per heavy atom. The van der Waals surface area contributed by atoms with Crippen LogP contribution in [0.25, 0.3) is 6.08 Å². The van der Waals surface area contributed by atoms with Gasteiger partial charge in [-0.2, -0.15) is 0 Å². The van der Waals surface area contributed by atoms with Crippen LogP contribution in [0.1, 0.15) is 26.3 Å². The van der Waals surface area contributed by atoms with E-state index in [2.05, 4.69) is 0 Å². The molecular formula is C21H23NO7. The number of esters is 1. The number of amides is 1. The average Bonchev–Trinajstić information content (AvgIpc) is 2.65. The third-order valence-electron chi connectivity index (χ3n) is 4.04. The maximum atomic E-state index is 12.8. The van der Waals surface area contributed by atoms with Gasteiger partial charge in [-0.1, -0.05) is 6.07 Å². The Kier molecular flexibility index (Phi) is 6.71. The van der Waals surface area contributed by atoms with Gasteiger partial charge in [-0.05, 0) is 56.7 Å². The number of hydrogen-bond donors (Lipinski definition) is 4. The van der Waals surface area contributed by atoms with Crippen LogP contribution in [-0.4, -0.2) is 44.4 Å². The summed E-state index contributed by atoms with van der Waals surface area (Å²) in [7, 11) is 0. The van der Waals surface area contributed by atoms with E-state index in [4.69, 9.17) is 4.74 Å². The quantitative estimate of drug-likeness (QED) is 0.333. The third-order valence-corrected chi connectivity index (χ3v) is 4.04. The summed E-state index contributed by atoms with van der Waals surface area (Å²) in [6.07, 6.45) is 1.36. The smallest absolute Gasteiger partial charge is 0.331 e. The number of benzene rings is 2. The van der Waals surface area contributed by atoms with Crippen molar-refractivity contribution >= 4 is 23.6 Å². The average molecular weight is 401 g/mol. The molecule has 0 aliphatic carbocycles. The Labute approximate surface area is 167 Å². The van der Waals surface area contributed by atoms with Crippen molar-refractivity contribution in [1.82, 2.24) is 0 Å². The van der Waals surface area contributed by atoms with E-state index in [-0.39, 0.29) is 29.0 Å². The summed E-state index contributed by atoms with van der Waals surface area (Å²) in [6, 6.07) is 7.72. The van der Waals surface area contributed by atoms with Gasteiger partial charge in [0.2, 0.25) is 0 Å². The zero-order valence-electron chi connectivity index (χ0n) is 16.2. The van der Waals surface area contributed by atoms with Crippen LogP contribution in [0.2, 0.25) is 0 Å². The molecular weight excluding hydrogens is 378 g/mol. The second-order valence-corrected chi connectivity index (χ2v) is 6.64. The van der Waals surface area contributed by atoms with E-state index in [0.29, 0.717) is 11.3 Å². The summed E-state index contributed by atoms with van der Waals surface area (Å²) in [6.45, 7) is 4.94. The largest absolute Gasteiger partial charge is 0.504 e. The summed E-state index contributed by atoms with van der Waals surface area (Å²) >= 11 is 0. The Hall–Kier alpha value is -3.68. The fourth-order valence-electron chi connectivity index (χ4n) is 2.61. The lowest BCUT2D eigenvalue weighted by atomic mass is 10.2. The molecule has 0 heterocycles. The highest BCUT2D eigenvalue weighted by molar-refractivity contribution is 5.99. The van der Waals surface area contributed by atoms with Crippen LogP contribution in [0.4, 0.5) is 5.69 Å². The molecule has 154 valence electrons. The standard InChI is InChI=1S/C21H23NO7/c1-12(2)22(15-6-8-17(24)19(26)11-15)21(28)13(3)29-20(27)9-5-14-4-7-16(23)18(25)10-14/h4-13,23-26H,1-3H3/b9-5+/t13-/m1/s1. The van der Waals surface area contributed by atoms with Crippen LogP contribution in [0.3, 0.4) is 0 Å². The first-order chi connectivity index (χ1) is 13.6. The lowest BCUT2D eigenvalue weighted by Crippen LogP contribution is -2.44. The fraction of sp³-hybridized carbons (Fsp3) is 0.238. The number of carbonyl (C=O) groups excluding carboxylic acids is 2. The molecule has 2 aromatic rings. The van der Waals surface area contributed by atoms with Crippen LogP contribution in [-0.2, 0) is 14.3 Å². The molecule has 0 aliphatic heterocycles. The van der Waals surface area contributed by atoms with Gasteiger partial charge in [0.15, 0.2) is 29.1 Å². The first-order valence-corrected chi connectivity index (χ1v) is 8.86. The van der Waals surface area contributed by atoms with Crippen molar-refractivity contribution in [2.75, 3.05) is 4.90 Å². The molecule has 0 aromatic heterocycles. The normalized spacial score (nSPS) is 12.1. The first kappa shape index (κ1) is 21.6. The molecule has 1 atom stereocenters. The number of ether oxygens (including phenoxy) is 1. The molecule has 4 N–H and O–H groups in total. The number of carbonyl (C=O) groups is 2. The van der Waals surface area contributed by atoms with Gasteiger partial charge in [0.25, 0.3) is 5.91 Å². The van der Waals surface area contributed by atoms with Crippen molar-refractivity contribution < 1.29 is 34.8 Å². The molecule has 1 amide bonds.